The topological polar surface area (TPSA) is 78.5 Å². The molecule has 2 N–H and O–H groups in total. The highest BCUT2D eigenvalue weighted by atomic mass is 35.5. The summed E-state index contributed by atoms with van der Waals surface area (Å²) in [5.74, 6) is 0.995. The van der Waals surface area contributed by atoms with Gasteiger partial charge in [-0.2, -0.15) is 0 Å². The van der Waals surface area contributed by atoms with E-state index in [9.17, 15) is 9.90 Å². The van der Waals surface area contributed by atoms with E-state index < -0.39 is 6.10 Å². The molecular weight excluding hydrogens is 410 g/mol. The van der Waals surface area contributed by atoms with E-state index in [-0.39, 0.29) is 12.2 Å². The largest absolute Gasteiger partial charge is 0.389 e. The second-order valence-electron chi connectivity index (χ2n) is 7.52. The lowest BCUT2D eigenvalue weighted by molar-refractivity contribution is 0.0325. The number of halogens is 1. The number of H-pyrrole nitrogens is 1. The number of fused-ring (bicyclic) bond motifs is 1. The Hall–Kier alpha value is -1.77. The quantitative estimate of drug-likeness (QED) is 0.535. The number of ether oxygens (including phenoxy) is 1. The van der Waals surface area contributed by atoms with Crippen LogP contribution in [0.4, 0.5) is 0 Å². The van der Waals surface area contributed by atoms with Crippen LogP contribution in [-0.2, 0) is 11.3 Å². The first-order chi connectivity index (χ1) is 13.9. The normalized spacial score (nSPS) is 12.9. The molecule has 0 amide bonds. The van der Waals surface area contributed by atoms with Crippen molar-refractivity contribution in [1.29, 1.82) is 0 Å². The Kier molecular flexibility index (Phi) is 7.43. The van der Waals surface area contributed by atoms with Crippen molar-refractivity contribution in [3.05, 3.63) is 50.8 Å². The van der Waals surface area contributed by atoms with Gasteiger partial charge in [-0.3, -0.25) is 9.69 Å². The van der Waals surface area contributed by atoms with E-state index in [1.54, 1.807) is 7.11 Å². The first-order valence-electron chi connectivity index (χ1n) is 9.53. The van der Waals surface area contributed by atoms with Gasteiger partial charge in [0.2, 0.25) is 0 Å². The van der Waals surface area contributed by atoms with E-state index in [1.807, 2.05) is 29.6 Å². The summed E-state index contributed by atoms with van der Waals surface area (Å²) in [7, 11) is 1.57. The molecule has 0 spiro atoms. The third-order valence-electron chi connectivity index (χ3n) is 4.48. The minimum Gasteiger partial charge on any atom is -0.389 e. The molecule has 6 nitrogen and oxygen atoms in total. The van der Waals surface area contributed by atoms with Crippen LogP contribution in [0, 0.1) is 5.92 Å². The zero-order valence-electron chi connectivity index (χ0n) is 16.8. The van der Waals surface area contributed by atoms with Gasteiger partial charge in [-0.15, -0.1) is 11.3 Å². The first-order valence-corrected chi connectivity index (χ1v) is 10.8. The molecule has 0 bridgehead atoms. The predicted octanol–water partition coefficient (Wildman–Crippen LogP) is 3.77. The molecule has 2 heterocycles. The van der Waals surface area contributed by atoms with Crippen molar-refractivity contribution < 1.29 is 9.84 Å². The maximum Gasteiger partial charge on any atom is 0.260 e. The minimum absolute atomic E-state index is 0.178. The summed E-state index contributed by atoms with van der Waals surface area (Å²) in [5, 5.41) is 13.2. The van der Waals surface area contributed by atoms with Gasteiger partial charge in [0.05, 0.1) is 24.6 Å². The molecule has 156 valence electrons. The molecule has 0 fully saturated rings. The number of nitrogens with one attached hydrogen (secondary N) is 1. The molecule has 0 aliphatic carbocycles. The van der Waals surface area contributed by atoms with Gasteiger partial charge in [0.1, 0.15) is 10.7 Å². The van der Waals surface area contributed by atoms with Crippen LogP contribution in [0.3, 0.4) is 0 Å². The van der Waals surface area contributed by atoms with Gasteiger partial charge >= 0.3 is 0 Å². The van der Waals surface area contributed by atoms with Crippen molar-refractivity contribution in [2.45, 2.75) is 26.5 Å². The van der Waals surface area contributed by atoms with E-state index in [2.05, 4.69) is 28.7 Å². The Morgan fingerprint density at radius 2 is 2.03 bits per heavy atom. The Morgan fingerprint density at radius 1 is 1.28 bits per heavy atom. The number of rotatable bonds is 9. The highest BCUT2D eigenvalue weighted by molar-refractivity contribution is 7.17. The van der Waals surface area contributed by atoms with Crippen molar-refractivity contribution in [3.63, 3.8) is 0 Å². The van der Waals surface area contributed by atoms with Crippen molar-refractivity contribution in [1.82, 2.24) is 14.9 Å². The van der Waals surface area contributed by atoms with Crippen LogP contribution in [0.15, 0.2) is 34.4 Å². The third kappa shape index (κ3) is 5.43. The molecule has 3 rings (SSSR count). The fraction of sp³-hybridized carbons (Fsp3) is 0.429. The zero-order chi connectivity index (χ0) is 21.0. The number of aromatic nitrogens is 2. The second-order valence-corrected chi connectivity index (χ2v) is 8.78. The molecule has 1 atom stereocenters. The van der Waals surface area contributed by atoms with Crippen LogP contribution in [0.2, 0.25) is 5.02 Å². The van der Waals surface area contributed by atoms with Crippen molar-refractivity contribution in [2.75, 3.05) is 26.8 Å². The number of hydrogen-bond acceptors (Lipinski definition) is 6. The average Bonchev–Trinajstić information content (AvgIpc) is 3.06. The fourth-order valence-corrected chi connectivity index (χ4v) is 4.62. The highest BCUT2D eigenvalue weighted by Crippen LogP contribution is 2.34. The number of nitrogens with zero attached hydrogens (tertiary/aromatic N) is 2. The van der Waals surface area contributed by atoms with Gasteiger partial charge in [-0.25, -0.2) is 4.98 Å². The average molecular weight is 436 g/mol. The van der Waals surface area contributed by atoms with Crippen LogP contribution in [0.5, 0.6) is 0 Å². The number of thiophene rings is 1. The molecule has 0 saturated carbocycles. The maximum absolute atomic E-state index is 12.9. The number of hydrogen-bond donors (Lipinski definition) is 2. The van der Waals surface area contributed by atoms with E-state index in [4.69, 9.17) is 16.3 Å². The predicted molar refractivity (Wildman–Crippen MR) is 119 cm³/mol. The molecule has 8 heteroatoms. The van der Waals surface area contributed by atoms with Crippen LogP contribution in [0.1, 0.15) is 19.7 Å². The Balaban J connectivity index is 1.91. The monoisotopic (exact) mass is 435 g/mol. The highest BCUT2D eigenvalue weighted by Gasteiger charge is 2.18. The van der Waals surface area contributed by atoms with Gasteiger partial charge < -0.3 is 14.8 Å². The summed E-state index contributed by atoms with van der Waals surface area (Å²) in [5.41, 5.74) is 1.44. The van der Waals surface area contributed by atoms with E-state index in [0.29, 0.717) is 40.1 Å². The third-order valence-corrected chi connectivity index (χ3v) is 5.68. The van der Waals surface area contributed by atoms with Crippen LogP contribution in [0.25, 0.3) is 21.3 Å². The summed E-state index contributed by atoms with van der Waals surface area (Å²) in [4.78, 5) is 23.2. The van der Waals surface area contributed by atoms with Gasteiger partial charge in [-0.05, 0) is 12.0 Å². The molecule has 0 radical (unpaired) electrons. The van der Waals surface area contributed by atoms with Gasteiger partial charge in [0.15, 0.2) is 0 Å². The smallest absolute Gasteiger partial charge is 0.260 e. The van der Waals surface area contributed by atoms with Crippen molar-refractivity contribution in [3.8, 4) is 11.1 Å². The molecule has 1 unspecified atom stereocenters. The lowest BCUT2D eigenvalue weighted by atomic mass is 10.1. The molecule has 2 aromatic heterocycles. The van der Waals surface area contributed by atoms with Gasteiger partial charge in [0.25, 0.3) is 5.56 Å². The number of methoxy groups -OCH3 is 1. The van der Waals surface area contributed by atoms with Gasteiger partial charge in [-0.1, -0.05) is 43.6 Å². The zero-order valence-corrected chi connectivity index (χ0v) is 18.4. The van der Waals surface area contributed by atoms with Crippen LogP contribution >= 0.6 is 22.9 Å². The summed E-state index contributed by atoms with van der Waals surface area (Å²) in [6.45, 7) is 6.17. The first kappa shape index (κ1) is 21.9. The Labute approximate surface area is 179 Å². The Morgan fingerprint density at radius 3 is 2.72 bits per heavy atom. The molecular formula is C21H26ClN3O3S. The summed E-state index contributed by atoms with van der Waals surface area (Å²) >= 11 is 7.75. The SMILES string of the molecule is COCC(O)CN(Cc1nc2scc(-c3ccccc3Cl)c2c(=O)[nH]1)CC(C)C. The standard InChI is InChI=1S/C21H26ClN3O3S/c1-13(2)8-25(9-14(26)11-28-3)10-18-23-20(27)19-16(12-29-21(19)24-18)15-6-4-5-7-17(15)22/h4-7,12-14,26H,8-11H2,1-3H3,(H,23,24,27). The maximum atomic E-state index is 12.9. The van der Waals surface area contributed by atoms with Crippen LogP contribution < -0.4 is 5.56 Å². The second kappa shape index (κ2) is 9.82. The minimum atomic E-state index is -0.595. The number of aliphatic hydroxyl groups is 1. The van der Waals surface area contributed by atoms with Gasteiger partial charge in [0, 0.05) is 41.7 Å². The van der Waals surface area contributed by atoms with E-state index in [0.717, 1.165) is 17.7 Å². The summed E-state index contributed by atoms with van der Waals surface area (Å²) in [6, 6.07) is 7.47. The number of benzene rings is 1. The Bertz CT molecular complexity index is 1020. The lowest BCUT2D eigenvalue weighted by Gasteiger charge is -2.26. The molecule has 0 aliphatic rings. The fourth-order valence-electron chi connectivity index (χ4n) is 3.42. The molecule has 3 aromatic rings. The van der Waals surface area contributed by atoms with Crippen LogP contribution in [-0.4, -0.2) is 52.9 Å². The van der Waals surface area contributed by atoms with Crippen molar-refractivity contribution in [2.24, 2.45) is 5.92 Å². The summed E-state index contributed by atoms with van der Waals surface area (Å²) < 4.78 is 5.03. The molecule has 29 heavy (non-hydrogen) atoms. The summed E-state index contributed by atoms with van der Waals surface area (Å²) in [6.07, 6.45) is -0.595. The lowest BCUT2D eigenvalue weighted by Crippen LogP contribution is -2.37. The van der Waals surface area contributed by atoms with Crippen molar-refractivity contribution >= 4 is 33.2 Å². The molecule has 0 aliphatic heterocycles. The number of aromatic amines is 1. The molecule has 1 aromatic carbocycles. The van der Waals surface area contributed by atoms with E-state index >= 15 is 0 Å². The molecule has 0 saturated heterocycles. The van der Waals surface area contributed by atoms with E-state index in [1.165, 1.54) is 11.3 Å². The number of aliphatic hydroxyl groups excluding tert-OH is 1.